The third kappa shape index (κ3) is 4.86. The summed E-state index contributed by atoms with van der Waals surface area (Å²) in [6, 6.07) is 15.0. The van der Waals surface area contributed by atoms with Crippen LogP contribution in [0.1, 0.15) is 57.4 Å². The van der Waals surface area contributed by atoms with E-state index in [0.29, 0.717) is 26.4 Å². The van der Waals surface area contributed by atoms with Crippen molar-refractivity contribution in [2.45, 2.75) is 46.1 Å². The van der Waals surface area contributed by atoms with Gasteiger partial charge in [0.25, 0.3) is 5.56 Å². The number of aromatic nitrogens is 1. The Bertz CT molecular complexity index is 1470. The number of benzene rings is 2. The molecule has 1 atom stereocenters. The summed E-state index contributed by atoms with van der Waals surface area (Å²) < 4.78 is 12.8. The number of methoxy groups -OCH3 is 1. The Labute approximate surface area is 208 Å². The van der Waals surface area contributed by atoms with Gasteiger partial charge in [-0.15, -0.1) is 0 Å². The van der Waals surface area contributed by atoms with Crippen LogP contribution in [0.4, 0.5) is 0 Å². The molecule has 1 unspecified atom stereocenters. The summed E-state index contributed by atoms with van der Waals surface area (Å²) in [5.74, 6) is 0.254. The van der Waals surface area contributed by atoms with Gasteiger partial charge in [-0.1, -0.05) is 68.5 Å². The van der Waals surface area contributed by atoms with E-state index in [1.807, 2.05) is 42.5 Å². The van der Waals surface area contributed by atoms with Crippen molar-refractivity contribution in [1.82, 2.24) is 4.57 Å². The molecule has 6 nitrogen and oxygen atoms in total. The topological polar surface area (TPSA) is 69.9 Å². The molecule has 7 heteroatoms. The minimum Gasteiger partial charge on any atom is -0.497 e. The number of thiazole rings is 1. The lowest BCUT2D eigenvalue weighted by molar-refractivity contribution is -0.139. The number of fused-ring (bicyclic) bond motifs is 1. The SMILES string of the molecule is CCOC(=O)C1=C(C)N=c2sc(=Cc3cccc(OC)c3)c(=O)n2C1c1ccc(C(C)(C)C)cc1. The number of hydrogen-bond donors (Lipinski definition) is 0. The van der Waals surface area contributed by atoms with Crippen molar-refractivity contribution in [3.05, 3.63) is 96.2 Å². The molecule has 0 bridgehead atoms. The van der Waals surface area contributed by atoms with Gasteiger partial charge in [0.15, 0.2) is 4.80 Å². The van der Waals surface area contributed by atoms with Gasteiger partial charge < -0.3 is 9.47 Å². The fraction of sp³-hybridized carbons (Fsp3) is 0.321. The van der Waals surface area contributed by atoms with Gasteiger partial charge in [-0.2, -0.15) is 0 Å². The Morgan fingerprint density at radius 3 is 2.51 bits per heavy atom. The first-order valence-electron chi connectivity index (χ1n) is 11.6. The normalized spacial score (nSPS) is 16.1. The van der Waals surface area contributed by atoms with E-state index in [1.165, 1.54) is 16.9 Å². The summed E-state index contributed by atoms with van der Waals surface area (Å²) >= 11 is 1.31. The first kappa shape index (κ1) is 24.7. The average molecular weight is 491 g/mol. The van der Waals surface area contributed by atoms with Crippen molar-refractivity contribution in [1.29, 1.82) is 0 Å². The first-order chi connectivity index (χ1) is 16.6. The molecule has 2 aromatic carbocycles. The quantitative estimate of drug-likeness (QED) is 0.505. The number of carbonyl (C=O) groups is 1. The third-order valence-corrected chi connectivity index (χ3v) is 6.98. The highest BCUT2D eigenvalue weighted by Crippen LogP contribution is 2.32. The molecule has 0 amide bonds. The van der Waals surface area contributed by atoms with Crippen molar-refractivity contribution < 1.29 is 14.3 Å². The summed E-state index contributed by atoms with van der Waals surface area (Å²) in [7, 11) is 1.61. The molecule has 1 aliphatic heterocycles. The van der Waals surface area contributed by atoms with Crippen LogP contribution in [0.2, 0.25) is 0 Å². The van der Waals surface area contributed by atoms with Crippen LogP contribution in [0.5, 0.6) is 5.75 Å². The second kappa shape index (κ2) is 9.66. The van der Waals surface area contributed by atoms with Gasteiger partial charge in [-0.25, -0.2) is 9.79 Å². The molecular formula is C28H30N2O4S. The van der Waals surface area contributed by atoms with E-state index in [9.17, 15) is 9.59 Å². The van der Waals surface area contributed by atoms with Crippen LogP contribution in [0.15, 0.2) is 69.6 Å². The molecule has 35 heavy (non-hydrogen) atoms. The van der Waals surface area contributed by atoms with E-state index < -0.39 is 12.0 Å². The monoisotopic (exact) mass is 490 g/mol. The van der Waals surface area contributed by atoms with Gasteiger partial charge in [0.05, 0.1) is 35.6 Å². The lowest BCUT2D eigenvalue weighted by atomic mass is 9.85. The van der Waals surface area contributed by atoms with E-state index in [2.05, 4.69) is 37.9 Å². The molecule has 182 valence electrons. The molecule has 0 saturated carbocycles. The summed E-state index contributed by atoms with van der Waals surface area (Å²) in [5, 5.41) is 0. The number of rotatable bonds is 5. The maximum atomic E-state index is 13.7. The molecule has 0 radical (unpaired) electrons. The summed E-state index contributed by atoms with van der Waals surface area (Å²) in [6.45, 7) is 10.3. The number of ether oxygens (including phenoxy) is 2. The fourth-order valence-electron chi connectivity index (χ4n) is 4.16. The molecular weight excluding hydrogens is 460 g/mol. The molecule has 3 aromatic rings. The van der Waals surface area contributed by atoms with Gasteiger partial charge >= 0.3 is 5.97 Å². The van der Waals surface area contributed by atoms with Gasteiger partial charge in [0.1, 0.15) is 5.75 Å². The van der Waals surface area contributed by atoms with Crippen molar-refractivity contribution in [3.8, 4) is 5.75 Å². The van der Waals surface area contributed by atoms with Gasteiger partial charge in [0, 0.05) is 0 Å². The molecule has 0 saturated heterocycles. The van der Waals surface area contributed by atoms with E-state index in [1.54, 1.807) is 25.5 Å². The minimum atomic E-state index is -0.619. The molecule has 0 spiro atoms. The summed E-state index contributed by atoms with van der Waals surface area (Å²) in [6.07, 6.45) is 1.83. The zero-order valence-corrected chi connectivity index (χ0v) is 21.7. The number of hydrogen-bond acceptors (Lipinski definition) is 6. The maximum absolute atomic E-state index is 13.7. The highest BCUT2D eigenvalue weighted by atomic mass is 32.1. The highest BCUT2D eigenvalue weighted by molar-refractivity contribution is 7.07. The Balaban J connectivity index is 1.92. The molecule has 4 rings (SSSR count). The third-order valence-electron chi connectivity index (χ3n) is 6.00. The second-order valence-electron chi connectivity index (χ2n) is 9.45. The molecule has 0 N–H and O–H groups in total. The van der Waals surface area contributed by atoms with Crippen molar-refractivity contribution in [2.24, 2.45) is 4.99 Å². The smallest absolute Gasteiger partial charge is 0.338 e. The van der Waals surface area contributed by atoms with Crippen LogP contribution >= 0.6 is 11.3 Å². The Hall–Kier alpha value is -3.45. The van der Waals surface area contributed by atoms with Crippen LogP contribution in [-0.4, -0.2) is 24.3 Å². The summed E-state index contributed by atoms with van der Waals surface area (Å²) in [5.41, 5.74) is 3.59. The Kier molecular flexibility index (Phi) is 6.81. The van der Waals surface area contributed by atoms with E-state index in [4.69, 9.17) is 9.47 Å². The van der Waals surface area contributed by atoms with Gasteiger partial charge in [-0.3, -0.25) is 9.36 Å². The van der Waals surface area contributed by atoms with E-state index in [0.717, 1.165) is 11.1 Å². The van der Waals surface area contributed by atoms with Crippen LogP contribution in [0.25, 0.3) is 6.08 Å². The number of nitrogens with zero attached hydrogens (tertiary/aromatic N) is 2. The molecule has 1 aliphatic rings. The average Bonchev–Trinajstić information content (AvgIpc) is 3.12. The molecule has 0 fully saturated rings. The van der Waals surface area contributed by atoms with E-state index >= 15 is 0 Å². The summed E-state index contributed by atoms with van der Waals surface area (Å²) in [4.78, 5) is 31.9. The fourth-order valence-corrected chi connectivity index (χ4v) is 5.20. The van der Waals surface area contributed by atoms with Crippen molar-refractivity contribution in [2.75, 3.05) is 13.7 Å². The van der Waals surface area contributed by atoms with Crippen LogP contribution < -0.4 is 19.6 Å². The Morgan fingerprint density at radius 1 is 1.17 bits per heavy atom. The van der Waals surface area contributed by atoms with Crippen LogP contribution in [0, 0.1) is 0 Å². The predicted octanol–water partition coefficient (Wildman–Crippen LogP) is 4.10. The van der Waals surface area contributed by atoms with Crippen molar-refractivity contribution in [3.63, 3.8) is 0 Å². The zero-order chi connectivity index (χ0) is 25.3. The second-order valence-corrected chi connectivity index (χ2v) is 10.5. The van der Waals surface area contributed by atoms with Crippen molar-refractivity contribution >= 4 is 23.4 Å². The minimum absolute atomic E-state index is 0.0145. The van der Waals surface area contributed by atoms with Crippen LogP contribution in [0.3, 0.4) is 0 Å². The van der Waals surface area contributed by atoms with E-state index in [-0.39, 0.29) is 17.6 Å². The highest BCUT2D eigenvalue weighted by Gasteiger charge is 2.33. The number of esters is 1. The zero-order valence-electron chi connectivity index (χ0n) is 20.9. The first-order valence-corrected chi connectivity index (χ1v) is 12.4. The largest absolute Gasteiger partial charge is 0.497 e. The molecule has 1 aromatic heterocycles. The van der Waals surface area contributed by atoms with Gasteiger partial charge in [-0.05, 0) is 54.2 Å². The Morgan fingerprint density at radius 2 is 1.89 bits per heavy atom. The number of allylic oxidation sites excluding steroid dienone is 1. The molecule has 2 heterocycles. The maximum Gasteiger partial charge on any atom is 0.338 e. The lowest BCUT2D eigenvalue weighted by Gasteiger charge is -2.26. The standard InChI is InChI=1S/C28H30N2O4S/c1-7-34-26(32)23-17(2)29-27-30(24(23)19-11-13-20(14-12-19)28(3,4)5)25(31)22(35-27)16-18-9-8-10-21(15-18)33-6/h8-16,24H,7H2,1-6H3. The van der Waals surface area contributed by atoms with Gasteiger partial charge in [0.2, 0.25) is 0 Å². The lowest BCUT2D eigenvalue weighted by Crippen LogP contribution is -2.40. The van der Waals surface area contributed by atoms with Crippen LogP contribution in [-0.2, 0) is 14.9 Å². The number of carbonyl (C=O) groups excluding carboxylic acids is 1. The predicted molar refractivity (Wildman–Crippen MR) is 139 cm³/mol. The molecule has 0 aliphatic carbocycles.